The number of aliphatic hydroxyl groups excluding tert-OH is 1. The third kappa shape index (κ3) is 4.44. The van der Waals surface area contributed by atoms with E-state index in [2.05, 4.69) is 10.6 Å². The molecule has 3 N–H and O–H groups in total. The highest BCUT2D eigenvalue weighted by Crippen LogP contribution is 2.25. The molecule has 2 aromatic rings. The lowest BCUT2D eigenvalue weighted by molar-refractivity contribution is -0.121. The number of aryl methyl sites for hydroxylation is 1. The largest absolute Gasteiger partial charge is 0.394 e. The van der Waals surface area contributed by atoms with Crippen LogP contribution in [-0.2, 0) is 16.6 Å². The van der Waals surface area contributed by atoms with Crippen LogP contribution in [0.15, 0.2) is 18.2 Å². The zero-order chi connectivity index (χ0) is 23.6. The number of carbonyl (C=O) groups is 3. The Kier molecular flexibility index (Phi) is 6.80. The van der Waals surface area contributed by atoms with Gasteiger partial charge in [0.2, 0.25) is 0 Å². The average Bonchev–Trinajstić information content (AvgIpc) is 2.99. The molecule has 1 saturated heterocycles. The van der Waals surface area contributed by atoms with Gasteiger partial charge < -0.3 is 25.0 Å². The normalized spacial score (nSPS) is 15.3. The quantitative estimate of drug-likeness (QED) is 0.466. The number of rotatable bonds is 6. The van der Waals surface area contributed by atoms with E-state index in [1.807, 2.05) is 0 Å². The first-order valence-electron chi connectivity index (χ1n) is 10.4. The van der Waals surface area contributed by atoms with E-state index in [9.17, 15) is 23.9 Å². The summed E-state index contributed by atoms with van der Waals surface area (Å²) in [6.07, 6.45) is 0.802. The molecule has 2 amide bonds. The number of halogens is 1. The summed E-state index contributed by atoms with van der Waals surface area (Å²) in [5.74, 6) is -2.47. The van der Waals surface area contributed by atoms with Crippen molar-refractivity contribution in [3.05, 3.63) is 52.1 Å². The maximum Gasteiger partial charge on any atom is 0.294 e. The maximum absolute atomic E-state index is 13.5. The van der Waals surface area contributed by atoms with E-state index in [1.165, 1.54) is 22.8 Å². The van der Waals surface area contributed by atoms with Crippen molar-refractivity contribution in [2.45, 2.75) is 39.2 Å². The topological polar surface area (TPSA) is 110 Å². The van der Waals surface area contributed by atoms with Gasteiger partial charge >= 0.3 is 0 Å². The van der Waals surface area contributed by atoms with Gasteiger partial charge in [-0.25, -0.2) is 4.39 Å². The second kappa shape index (κ2) is 9.22. The summed E-state index contributed by atoms with van der Waals surface area (Å²) in [7, 11) is 1.61. The Bertz CT molecular complexity index is 1070. The van der Waals surface area contributed by atoms with Gasteiger partial charge in [-0.15, -0.1) is 0 Å². The van der Waals surface area contributed by atoms with E-state index in [4.69, 9.17) is 4.74 Å². The highest BCUT2D eigenvalue weighted by atomic mass is 19.1. The Hall–Kier alpha value is -3.04. The number of hydrogen-bond donors (Lipinski definition) is 3. The molecule has 0 aliphatic carbocycles. The molecule has 0 radical (unpaired) electrons. The smallest absolute Gasteiger partial charge is 0.294 e. The molecule has 1 fully saturated rings. The van der Waals surface area contributed by atoms with Gasteiger partial charge in [0.1, 0.15) is 5.82 Å². The number of nitrogens with zero attached hydrogens (tertiary/aromatic N) is 1. The molecule has 1 aromatic heterocycles. The van der Waals surface area contributed by atoms with Crippen LogP contribution in [0.1, 0.15) is 50.5 Å². The van der Waals surface area contributed by atoms with E-state index < -0.39 is 23.1 Å². The first-order valence-corrected chi connectivity index (χ1v) is 10.4. The molecule has 1 aromatic carbocycles. The maximum atomic E-state index is 13.5. The van der Waals surface area contributed by atoms with E-state index in [0.29, 0.717) is 48.6 Å². The molecule has 0 atom stereocenters. The Morgan fingerprint density at radius 1 is 1.19 bits per heavy atom. The minimum absolute atomic E-state index is 0.0978. The number of hydrogen-bond acceptors (Lipinski definition) is 5. The molecule has 0 spiro atoms. The molecule has 8 nitrogen and oxygen atoms in total. The molecule has 0 saturated carbocycles. The van der Waals surface area contributed by atoms with Gasteiger partial charge in [0.05, 0.1) is 23.4 Å². The number of benzene rings is 1. The van der Waals surface area contributed by atoms with Crippen LogP contribution in [0, 0.1) is 26.6 Å². The summed E-state index contributed by atoms with van der Waals surface area (Å²) in [6, 6.07) is 4.24. The number of anilines is 1. The molecule has 0 bridgehead atoms. The number of Topliss-reactive ketones (excluding diaryl/α,β-unsaturated/α-hetero) is 1. The van der Waals surface area contributed by atoms with Crippen LogP contribution in [-0.4, -0.2) is 52.6 Å². The fourth-order valence-corrected chi connectivity index (χ4v) is 4.04. The first kappa shape index (κ1) is 23.6. The lowest BCUT2D eigenvalue weighted by Crippen LogP contribution is -2.56. The average molecular weight is 445 g/mol. The molecular formula is C23H28FN3O5. The Morgan fingerprint density at radius 3 is 2.44 bits per heavy atom. The molecule has 1 aliphatic rings. The summed E-state index contributed by atoms with van der Waals surface area (Å²) >= 11 is 0. The van der Waals surface area contributed by atoms with E-state index >= 15 is 0 Å². The first-order chi connectivity index (χ1) is 15.1. The lowest BCUT2D eigenvalue weighted by Gasteiger charge is -2.36. The lowest BCUT2D eigenvalue weighted by atomic mass is 9.90. The van der Waals surface area contributed by atoms with Crippen molar-refractivity contribution in [1.29, 1.82) is 0 Å². The molecule has 172 valence electrons. The van der Waals surface area contributed by atoms with Crippen molar-refractivity contribution in [2.75, 3.05) is 25.1 Å². The van der Waals surface area contributed by atoms with Crippen LogP contribution in [0.2, 0.25) is 0 Å². The molecule has 32 heavy (non-hydrogen) atoms. The second-order valence-electron chi connectivity index (χ2n) is 8.25. The van der Waals surface area contributed by atoms with E-state index in [0.717, 1.165) is 0 Å². The van der Waals surface area contributed by atoms with Gasteiger partial charge in [-0.1, -0.05) is 0 Å². The van der Waals surface area contributed by atoms with Gasteiger partial charge in [0.15, 0.2) is 0 Å². The fraction of sp³-hybridized carbons (Fsp3) is 0.435. The van der Waals surface area contributed by atoms with Crippen LogP contribution >= 0.6 is 0 Å². The molecule has 9 heteroatoms. The van der Waals surface area contributed by atoms with Crippen LogP contribution in [0.4, 0.5) is 10.1 Å². The SMILES string of the molecule is Cc1cc(NC(=O)c2c(C)c(C(=O)C(=O)NC3(CO)CCOCC3)n(C)c2C)ccc1F. The number of nitrogens with one attached hydrogen (secondary N) is 2. The summed E-state index contributed by atoms with van der Waals surface area (Å²) < 4.78 is 20.3. The highest BCUT2D eigenvalue weighted by Gasteiger charge is 2.37. The molecule has 1 aliphatic heterocycles. The van der Waals surface area contributed by atoms with Gasteiger partial charge in [-0.3, -0.25) is 14.4 Å². The molecular weight excluding hydrogens is 417 g/mol. The zero-order valence-corrected chi connectivity index (χ0v) is 18.7. The van der Waals surface area contributed by atoms with Crippen LogP contribution in [0.5, 0.6) is 0 Å². The van der Waals surface area contributed by atoms with E-state index in [1.54, 1.807) is 27.8 Å². The van der Waals surface area contributed by atoms with Crippen molar-refractivity contribution < 1.29 is 28.6 Å². The van der Waals surface area contributed by atoms with Crippen molar-refractivity contribution in [1.82, 2.24) is 9.88 Å². The predicted octanol–water partition coefficient (Wildman–Crippen LogP) is 2.18. The minimum Gasteiger partial charge on any atom is -0.394 e. The zero-order valence-electron chi connectivity index (χ0n) is 18.7. The van der Waals surface area contributed by atoms with Crippen LogP contribution in [0.3, 0.4) is 0 Å². The van der Waals surface area contributed by atoms with Crippen molar-refractivity contribution in [3.63, 3.8) is 0 Å². The number of ether oxygens (including phenoxy) is 1. The summed E-state index contributed by atoms with van der Waals surface area (Å²) in [6.45, 7) is 5.34. The number of aromatic nitrogens is 1. The van der Waals surface area contributed by atoms with Crippen LogP contribution in [0.25, 0.3) is 0 Å². The van der Waals surface area contributed by atoms with Gasteiger partial charge in [-0.05, 0) is 62.9 Å². The highest BCUT2D eigenvalue weighted by molar-refractivity contribution is 6.43. The standard InChI is InChI=1S/C23H28FN3O5/c1-13-11-16(5-6-17(13)24)25-21(30)18-14(2)19(27(4)15(18)3)20(29)22(31)26-23(12-28)7-9-32-10-8-23/h5-6,11,28H,7-10,12H2,1-4H3,(H,25,30)(H,26,31). The minimum atomic E-state index is -0.903. The summed E-state index contributed by atoms with van der Waals surface area (Å²) in [4.78, 5) is 38.7. The molecule has 3 rings (SSSR count). The van der Waals surface area contributed by atoms with Gasteiger partial charge in [0, 0.05) is 31.6 Å². The van der Waals surface area contributed by atoms with Gasteiger partial charge in [0.25, 0.3) is 17.6 Å². The van der Waals surface area contributed by atoms with Crippen molar-refractivity contribution in [2.24, 2.45) is 7.05 Å². The Balaban J connectivity index is 1.86. The van der Waals surface area contributed by atoms with Crippen molar-refractivity contribution >= 4 is 23.3 Å². The fourth-order valence-electron chi connectivity index (χ4n) is 4.04. The molecule has 2 heterocycles. The number of carbonyl (C=O) groups excluding carboxylic acids is 3. The summed E-state index contributed by atoms with van der Waals surface area (Å²) in [5, 5.41) is 15.2. The Labute approximate surface area is 185 Å². The van der Waals surface area contributed by atoms with E-state index in [-0.39, 0.29) is 23.7 Å². The Morgan fingerprint density at radius 2 is 1.84 bits per heavy atom. The summed E-state index contributed by atoms with van der Waals surface area (Å²) in [5.41, 5.74) is 1.16. The van der Waals surface area contributed by atoms with Gasteiger partial charge in [-0.2, -0.15) is 0 Å². The van der Waals surface area contributed by atoms with Crippen LogP contribution < -0.4 is 10.6 Å². The monoisotopic (exact) mass is 445 g/mol. The number of aliphatic hydroxyl groups is 1. The molecule has 0 unspecified atom stereocenters. The third-order valence-corrected chi connectivity index (χ3v) is 6.13. The number of amides is 2. The third-order valence-electron chi connectivity index (χ3n) is 6.13. The number of ketones is 1. The van der Waals surface area contributed by atoms with Crippen molar-refractivity contribution in [3.8, 4) is 0 Å². The predicted molar refractivity (Wildman–Crippen MR) is 116 cm³/mol. The second-order valence-corrected chi connectivity index (χ2v) is 8.25.